The Morgan fingerprint density at radius 2 is 1.76 bits per heavy atom. The van der Waals surface area contributed by atoms with E-state index in [2.05, 4.69) is 11.9 Å². The largest absolute Gasteiger partial charge is 0.496 e. The zero-order valence-electron chi connectivity index (χ0n) is 12.4. The highest BCUT2D eigenvalue weighted by atomic mass is 19.2. The number of benzene rings is 1. The van der Waals surface area contributed by atoms with Crippen LogP contribution in [-0.4, -0.2) is 36.2 Å². The third-order valence-corrected chi connectivity index (χ3v) is 5.12. The Bertz CT molecular complexity index is 535. The van der Waals surface area contributed by atoms with Gasteiger partial charge in [0, 0.05) is 23.7 Å². The van der Waals surface area contributed by atoms with Crippen molar-refractivity contribution in [2.75, 3.05) is 14.2 Å². The molecule has 116 valence electrons. The van der Waals surface area contributed by atoms with E-state index in [9.17, 15) is 13.9 Å². The second kappa shape index (κ2) is 5.21. The minimum atomic E-state index is -1.15. The molecule has 5 heteroatoms. The monoisotopic (exact) mass is 297 g/mol. The molecule has 2 heterocycles. The standard InChI is InChI=1S/C16H21F2NO2/c1-19-10-4-3-5-11(19)9-16(20,8-10)12-6-13(17)14(18)7-15(12)21-2/h6-7,10-11,20H,3-5,8-9H2,1-2H3. The highest BCUT2D eigenvalue weighted by Crippen LogP contribution is 2.46. The highest BCUT2D eigenvalue weighted by molar-refractivity contribution is 5.40. The summed E-state index contributed by atoms with van der Waals surface area (Å²) in [7, 11) is 3.49. The van der Waals surface area contributed by atoms with Gasteiger partial charge in [0.1, 0.15) is 5.75 Å². The van der Waals surface area contributed by atoms with Gasteiger partial charge < -0.3 is 14.7 Å². The summed E-state index contributed by atoms with van der Waals surface area (Å²) in [5, 5.41) is 11.1. The molecule has 2 fully saturated rings. The maximum absolute atomic E-state index is 13.6. The van der Waals surface area contributed by atoms with E-state index in [0.717, 1.165) is 31.4 Å². The maximum atomic E-state index is 13.6. The Morgan fingerprint density at radius 1 is 1.19 bits per heavy atom. The van der Waals surface area contributed by atoms with Crippen LogP contribution in [0.15, 0.2) is 12.1 Å². The van der Waals surface area contributed by atoms with Crippen LogP contribution in [0.1, 0.15) is 37.7 Å². The molecule has 21 heavy (non-hydrogen) atoms. The molecular weight excluding hydrogens is 276 g/mol. The van der Waals surface area contributed by atoms with Crippen LogP contribution in [0.5, 0.6) is 5.75 Å². The van der Waals surface area contributed by atoms with Crippen molar-refractivity contribution >= 4 is 0 Å². The number of rotatable bonds is 2. The molecule has 0 aromatic heterocycles. The molecule has 2 unspecified atom stereocenters. The zero-order chi connectivity index (χ0) is 15.2. The fourth-order valence-corrected chi connectivity index (χ4v) is 3.93. The van der Waals surface area contributed by atoms with Gasteiger partial charge in [-0.2, -0.15) is 0 Å². The second-order valence-electron chi connectivity index (χ2n) is 6.31. The fourth-order valence-electron chi connectivity index (χ4n) is 3.93. The van der Waals surface area contributed by atoms with Gasteiger partial charge in [0.25, 0.3) is 0 Å². The smallest absolute Gasteiger partial charge is 0.162 e. The third kappa shape index (κ3) is 2.42. The Labute approximate surface area is 123 Å². The molecule has 0 radical (unpaired) electrons. The molecule has 3 nitrogen and oxygen atoms in total. The molecule has 2 bridgehead atoms. The first-order valence-corrected chi connectivity index (χ1v) is 7.42. The molecule has 2 saturated heterocycles. The number of methoxy groups -OCH3 is 1. The van der Waals surface area contributed by atoms with Crippen molar-refractivity contribution in [3.63, 3.8) is 0 Å². The Balaban J connectivity index is 2.01. The van der Waals surface area contributed by atoms with Crippen molar-refractivity contribution < 1.29 is 18.6 Å². The van der Waals surface area contributed by atoms with E-state index in [0.29, 0.717) is 18.4 Å². The predicted molar refractivity (Wildman–Crippen MR) is 75.2 cm³/mol. The van der Waals surface area contributed by atoms with Gasteiger partial charge in [-0.1, -0.05) is 6.42 Å². The topological polar surface area (TPSA) is 32.7 Å². The van der Waals surface area contributed by atoms with E-state index in [-0.39, 0.29) is 17.8 Å². The summed E-state index contributed by atoms with van der Waals surface area (Å²) < 4.78 is 32.2. The highest BCUT2D eigenvalue weighted by Gasteiger charge is 2.46. The average Bonchev–Trinajstić information content (AvgIpc) is 2.43. The van der Waals surface area contributed by atoms with E-state index in [1.165, 1.54) is 7.11 Å². The van der Waals surface area contributed by atoms with E-state index in [1.807, 2.05) is 0 Å². The molecule has 3 rings (SSSR count). The molecule has 0 saturated carbocycles. The van der Waals surface area contributed by atoms with Crippen LogP contribution in [0.2, 0.25) is 0 Å². The molecule has 2 aliphatic heterocycles. The number of fused-ring (bicyclic) bond motifs is 2. The lowest BCUT2D eigenvalue weighted by atomic mass is 9.72. The number of halogens is 2. The van der Waals surface area contributed by atoms with Crippen molar-refractivity contribution in [1.29, 1.82) is 0 Å². The molecule has 0 amide bonds. The Morgan fingerprint density at radius 3 is 2.33 bits per heavy atom. The van der Waals surface area contributed by atoms with Gasteiger partial charge in [0.15, 0.2) is 11.6 Å². The van der Waals surface area contributed by atoms with Gasteiger partial charge in [-0.05, 0) is 38.8 Å². The zero-order valence-corrected chi connectivity index (χ0v) is 12.4. The van der Waals surface area contributed by atoms with Crippen LogP contribution in [0.4, 0.5) is 8.78 Å². The summed E-state index contributed by atoms with van der Waals surface area (Å²) in [6.45, 7) is 0. The first-order valence-electron chi connectivity index (χ1n) is 7.42. The van der Waals surface area contributed by atoms with E-state index in [1.54, 1.807) is 0 Å². The lowest BCUT2D eigenvalue weighted by molar-refractivity contribution is -0.0885. The van der Waals surface area contributed by atoms with Gasteiger partial charge in [-0.15, -0.1) is 0 Å². The van der Waals surface area contributed by atoms with Crippen LogP contribution in [0.3, 0.4) is 0 Å². The normalized spacial score (nSPS) is 33.0. The van der Waals surface area contributed by atoms with Crippen molar-refractivity contribution in [2.24, 2.45) is 0 Å². The summed E-state index contributed by atoms with van der Waals surface area (Å²) in [4.78, 5) is 2.31. The fraction of sp³-hybridized carbons (Fsp3) is 0.625. The number of nitrogens with zero attached hydrogens (tertiary/aromatic N) is 1. The van der Waals surface area contributed by atoms with Crippen LogP contribution < -0.4 is 4.74 Å². The summed E-state index contributed by atoms with van der Waals surface area (Å²) in [6.07, 6.45) is 4.27. The Hall–Kier alpha value is -1.20. The van der Waals surface area contributed by atoms with Crippen LogP contribution in [0, 0.1) is 11.6 Å². The quantitative estimate of drug-likeness (QED) is 0.911. The maximum Gasteiger partial charge on any atom is 0.162 e. The number of hydrogen-bond acceptors (Lipinski definition) is 3. The molecule has 0 spiro atoms. The van der Waals surface area contributed by atoms with Crippen molar-refractivity contribution in [3.8, 4) is 5.75 Å². The van der Waals surface area contributed by atoms with Gasteiger partial charge in [0.05, 0.1) is 12.7 Å². The van der Waals surface area contributed by atoms with E-state index < -0.39 is 17.2 Å². The first kappa shape index (κ1) is 14.7. The van der Waals surface area contributed by atoms with Gasteiger partial charge >= 0.3 is 0 Å². The minimum absolute atomic E-state index is 0.221. The van der Waals surface area contributed by atoms with Crippen molar-refractivity contribution in [1.82, 2.24) is 4.90 Å². The molecular formula is C16H21F2NO2. The predicted octanol–water partition coefficient (Wildman–Crippen LogP) is 2.81. The molecule has 0 aliphatic carbocycles. The van der Waals surface area contributed by atoms with Crippen LogP contribution >= 0.6 is 0 Å². The van der Waals surface area contributed by atoms with Gasteiger partial charge in [-0.3, -0.25) is 0 Å². The minimum Gasteiger partial charge on any atom is -0.496 e. The summed E-state index contributed by atoms with van der Waals surface area (Å²) >= 11 is 0. The summed E-state index contributed by atoms with van der Waals surface area (Å²) in [6, 6.07) is 2.67. The second-order valence-corrected chi connectivity index (χ2v) is 6.31. The number of aliphatic hydroxyl groups is 1. The number of piperidine rings is 2. The molecule has 1 N–H and O–H groups in total. The van der Waals surface area contributed by atoms with E-state index in [4.69, 9.17) is 4.74 Å². The van der Waals surface area contributed by atoms with E-state index >= 15 is 0 Å². The lowest BCUT2D eigenvalue weighted by Crippen LogP contribution is -2.55. The lowest BCUT2D eigenvalue weighted by Gasteiger charge is -2.51. The molecule has 2 aliphatic rings. The Kier molecular flexibility index (Phi) is 3.66. The number of hydrogen-bond donors (Lipinski definition) is 1. The first-order chi connectivity index (χ1) is 9.94. The van der Waals surface area contributed by atoms with Gasteiger partial charge in [-0.25, -0.2) is 8.78 Å². The van der Waals surface area contributed by atoms with Gasteiger partial charge in [0.2, 0.25) is 0 Å². The van der Waals surface area contributed by atoms with Crippen LogP contribution in [0.25, 0.3) is 0 Å². The third-order valence-electron chi connectivity index (χ3n) is 5.12. The summed E-state index contributed by atoms with van der Waals surface area (Å²) in [5.41, 5.74) is -0.781. The van der Waals surface area contributed by atoms with Crippen LogP contribution in [-0.2, 0) is 5.60 Å². The van der Waals surface area contributed by atoms with Crippen molar-refractivity contribution in [2.45, 2.75) is 49.8 Å². The number of ether oxygens (including phenoxy) is 1. The SMILES string of the molecule is COc1cc(F)c(F)cc1C1(O)CC2CCCC(C1)N2C. The average molecular weight is 297 g/mol. The van der Waals surface area contributed by atoms with Crippen molar-refractivity contribution in [3.05, 3.63) is 29.3 Å². The molecule has 1 aromatic carbocycles. The molecule has 1 aromatic rings. The summed E-state index contributed by atoms with van der Waals surface area (Å²) in [5.74, 6) is -1.67. The molecule has 2 atom stereocenters.